The quantitative estimate of drug-likeness (QED) is 0.328. The molecular formula is C16H23F4N3O. The number of halogens is 4. The predicted octanol–water partition coefficient (Wildman–Crippen LogP) is 3.33. The van der Waals surface area contributed by atoms with Crippen molar-refractivity contribution in [1.82, 2.24) is 10.6 Å². The lowest BCUT2D eigenvalue weighted by Gasteiger charge is -2.16. The number of guanidine groups is 1. The molecule has 0 unspecified atom stereocenters. The first kappa shape index (κ1) is 20.2. The maximum Gasteiger partial charge on any atom is 0.416 e. The van der Waals surface area contributed by atoms with Gasteiger partial charge in [0, 0.05) is 33.4 Å². The average Bonchev–Trinajstić information content (AvgIpc) is 2.53. The molecule has 24 heavy (non-hydrogen) atoms. The Balaban J connectivity index is 2.52. The number of hydrogen-bond acceptors (Lipinski definition) is 2. The van der Waals surface area contributed by atoms with Crippen LogP contribution in [-0.4, -0.2) is 32.8 Å². The van der Waals surface area contributed by atoms with Crippen molar-refractivity contribution >= 4 is 5.96 Å². The molecule has 0 aromatic heterocycles. The van der Waals surface area contributed by atoms with Crippen molar-refractivity contribution in [3.05, 3.63) is 35.1 Å². The zero-order chi connectivity index (χ0) is 18.0. The first-order valence-electron chi connectivity index (χ1n) is 7.76. The van der Waals surface area contributed by atoms with Crippen molar-refractivity contribution in [2.45, 2.75) is 32.5 Å². The molecule has 0 aliphatic rings. The summed E-state index contributed by atoms with van der Waals surface area (Å²) in [6.45, 7) is 3.80. The standard InChI is InChI=1S/C16H23F4N3O/c1-3-24-9-5-4-8-22-15(21-2)23-11-12-6-7-13(17)10-14(12)16(18,19)20/h6-7,10H,3-5,8-9,11H2,1-2H3,(H2,21,22,23). The lowest BCUT2D eigenvalue weighted by molar-refractivity contribution is -0.138. The molecule has 4 nitrogen and oxygen atoms in total. The van der Waals surface area contributed by atoms with Gasteiger partial charge in [-0.05, 0) is 37.5 Å². The molecule has 0 spiro atoms. The molecule has 8 heteroatoms. The minimum atomic E-state index is -4.60. The largest absolute Gasteiger partial charge is 0.416 e. The molecule has 0 atom stereocenters. The van der Waals surface area contributed by atoms with Gasteiger partial charge in [0.25, 0.3) is 0 Å². The third-order valence-corrected chi connectivity index (χ3v) is 3.26. The van der Waals surface area contributed by atoms with Crippen LogP contribution >= 0.6 is 0 Å². The smallest absolute Gasteiger partial charge is 0.382 e. The zero-order valence-corrected chi connectivity index (χ0v) is 13.8. The average molecular weight is 349 g/mol. The van der Waals surface area contributed by atoms with E-state index < -0.39 is 17.6 Å². The topological polar surface area (TPSA) is 45.6 Å². The van der Waals surface area contributed by atoms with Crippen molar-refractivity contribution in [3.63, 3.8) is 0 Å². The predicted molar refractivity (Wildman–Crippen MR) is 85.3 cm³/mol. The summed E-state index contributed by atoms with van der Waals surface area (Å²) in [6.07, 6.45) is -2.87. The van der Waals surface area contributed by atoms with Crippen LogP contribution in [0.2, 0.25) is 0 Å². The molecular weight excluding hydrogens is 326 g/mol. The molecule has 1 rings (SSSR count). The number of rotatable bonds is 8. The van der Waals surface area contributed by atoms with Gasteiger partial charge in [0.2, 0.25) is 0 Å². The van der Waals surface area contributed by atoms with Crippen molar-refractivity contribution in [2.75, 3.05) is 26.8 Å². The van der Waals surface area contributed by atoms with Gasteiger partial charge in [-0.15, -0.1) is 0 Å². The molecule has 1 aromatic carbocycles. The summed E-state index contributed by atoms with van der Waals surface area (Å²) < 4.78 is 57.1. The number of nitrogens with one attached hydrogen (secondary N) is 2. The summed E-state index contributed by atoms with van der Waals surface area (Å²) in [5, 5.41) is 5.82. The van der Waals surface area contributed by atoms with Gasteiger partial charge in [0.05, 0.1) is 5.56 Å². The van der Waals surface area contributed by atoms with E-state index >= 15 is 0 Å². The molecule has 1 aromatic rings. The molecule has 0 aliphatic carbocycles. The summed E-state index contributed by atoms with van der Waals surface area (Å²) in [5.74, 6) is -0.522. The minimum Gasteiger partial charge on any atom is -0.382 e. The Kier molecular flexibility index (Phi) is 8.53. The monoisotopic (exact) mass is 349 g/mol. The second kappa shape index (κ2) is 10.1. The molecule has 0 saturated carbocycles. The molecule has 0 bridgehead atoms. The lowest BCUT2D eigenvalue weighted by atomic mass is 10.1. The summed E-state index contributed by atoms with van der Waals surface area (Å²) >= 11 is 0. The van der Waals surface area contributed by atoms with Crippen LogP contribution in [0, 0.1) is 5.82 Å². The summed E-state index contributed by atoms with van der Waals surface area (Å²) in [5.41, 5.74) is -1.02. The van der Waals surface area contributed by atoms with Gasteiger partial charge in [-0.25, -0.2) is 4.39 Å². The van der Waals surface area contributed by atoms with Gasteiger partial charge in [-0.2, -0.15) is 13.2 Å². The zero-order valence-electron chi connectivity index (χ0n) is 13.8. The summed E-state index contributed by atoms with van der Waals surface area (Å²) in [6, 6.07) is 2.64. The number of ether oxygens (including phenoxy) is 1. The van der Waals surface area contributed by atoms with E-state index in [-0.39, 0.29) is 12.1 Å². The van der Waals surface area contributed by atoms with E-state index in [4.69, 9.17) is 4.74 Å². The minimum absolute atomic E-state index is 0.0387. The molecule has 0 aliphatic heterocycles. The van der Waals surface area contributed by atoms with Gasteiger partial charge in [-0.3, -0.25) is 4.99 Å². The van der Waals surface area contributed by atoms with Crippen molar-refractivity contribution in [1.29, 1.82) is 0 Å². The van der Waals surface area contributed by atoms with E-state index in [1.165, 1.54) is 7.05 Å². The van der Waals surface area contributed by atoms with Crippen LogP contribution in [0.15, 0.2) is 23.2 Å². The normalized spacial score (nSPS) is 12.3. The third-order valence-electron chi connectivity index (χ3n) is 3.26. The summed E-state index contributed by atoms with van der Waals surface area (Å²) in [7, 11) is 1.53. The van der Waals surface area contributed by atoms with Crippen molar-refractivity contribution in [3.8, 4) is 0 Å². The van der Waals surface area contributed by atoms with E-state index in [0.717, 1.165) is 25.0 Å². The molecule has 0 radical (unpaired) electrons. The Bertz CT molecular complexity index is 533. The SMILES string of the molecule is CCOCCCCNC(=NC)NCc1ccc(F)cc1C(F)(F)F. The maximum atomic E-state index is 13.1. The van der Waals surface area contributed by atoms with Crippen molar-refractivity contribution < 1.29 is 22.3 Å². The molecule has 2 N–H and O–H groups in total. The van der Waals surface area contributed by atoms with Gasteiger partial charge < -0.3 is 15.4 Å². The van der Waals surface area contributed by atoms with Crippen LogP contribution < -0.4 is 10.6 Å². The van der Waals surface area contributed by atoms with Crippen LogP contribution in [0.5, 0.6) is 0 Å². The van der Waals surface area contributed by atoms with Gasteiger partial charge in [0.1, 0.15) is 5.82 Å². The Morgan fingerprint density at radius 3 is 2.58 bits per heavy atom. The number of benzene rings is 1. The first-order chi connectivity index (χ1) is 11.4. The fourth-order valence-corrected chi connectivity index (χ4v) is 2.05. The van der Waals surface area contributed by atoms with E-state index in [9.17, 15) is 17.6 Å². The maximum absolute atomic E-state index is 13.1. The second-order valence-corrected chi connectivity index (χ2v) is 5.06. The van der Waals surface area contributed by atoms with Crippen LogP contribution in [-0.2, 0) is 17.5 Å². The third kappa shape index (κ3) is 7.16. The molecule has 0 heterocycles. The Labute approximate surface area is 139 Å². The molecule has 0 saturated heterocycles. The van der Waals surface area contributed by atoms with Crippen molar-refractivity contribution in [2.24, 2.45) is 4.99 Å². The number of hydrogen-bond donors (Lipinski definition) is 2. The van der Waals surface area contributed by atoms with E-state index in [2.05, 4.69) is 15.6 Å². The van der Waals surface area contributed by atoms with E-state index in [1.54, 1.807) is 0 Å². The Morgan fingerprint density at radius 2 is 1.96 bits per heavy atom. The van der Waals surface area contributed by atoms with Crippen LogP contribution in [0.3, 0.4) is 0 Å². The second-order valence-electron chi connectivity index (χ2n) is 5.06. The van der Waals surface area contributed by atoms with E-state index in [1.807, 2.05) is 6.92 Å². The number of alkyl halides is 3. The molecule has 0 amide bonds. The lowest BCUT2D eigenvalue weighted by Crippen LogP contribution is -2.37. The fourth-order valence-electron chi connectivity index (χ4n) is 2.05. The summed E-state index contributed by atoms with van der Waals surface area (Å²) in [4.78, 5) is 3.95. The van der Waals surface area contributed by atoms with Crippen LogP contribution in [0.1, 0.15) is 30.9 Å². The van der Waals surface area contributed by atoms with Gasteiger partial charge >= 0.3 is 6.18 Å². The van der Waals surface area contributed by atoms with Gasteiger partial charge in [0.15, 0.2) is 5.96 Å². The highest BCUT2D eigenvalue weighted by atomic mass is 19.4. The Morgan fingerprint density at radius 1 is 1.21 bits per heavy atom. The highest BCUT2D eigenvalue weighted by Crippen LogP contribution is 2.32. The van der Waals surface area contributed by atoms with Crippen LogP contribution in [0.25, 0.3) is 0 Å². The van der Waals surface area contributed by atoms with Gasteiger partial charge in [-0.1, -0.05) is 6.07 Å². The number of nitrogens with zero attached hydrogens (tertiary/aromatic N) is 1. The van der Waals surface area contributed by atoms with E-state index in [0.29, 0.717) is 31.8 Å². The number of aliphatic imine (C=N–C) groups is 1. The first-order valence-corrected chi connectivity index (χ1v) is 7.76. The highest BCUT2D eigenvalue weighted by molar-refractivity contribution is 5.79. The molecule has 136 valence electrons. The number of unbranched alkanes of at least 4 members (excludes halogenated alkanes) is 1. The highest BCUT2D eigenvalue weighted by Gasteiger charge is 2.33. The molecule has 0 fully saturated rings. The Hall–Kier alpha value is -1.83. The van der Waals surface area contributed by atoms with Crippen LogP contribution in [0.4, 0.5) is 17.6 Å². The fraction of sp³-hybridized carbons (Fsp3) is 0.562.